The molecule has 0 saturated heterocycles. The third kappa shape index (κ3) is 10.3. The second-order valence-electron chi connectivity index (χ2n) is 7.74. The Morgan fingerprint density at radius 2 is 1.20 bits per heavy atom. The Kier molecular flexibility index (Phi) is 5.37. The van der Waals surface area contributed by atoms with Crippen LogP contribution in [0.15, 0.2) is 0 Å². The molecular weight excluding hydrogens is 180 g/mol. The minimum atomic E-state index is 0.449. The molecule has 1 radical (unpaired) electrons. The summed E-state index contributed by atoms with van der Waals surface area (Å²) in [6.07, 6.45) is 3.92. The van der Waals surface area contributed by atoms with Gasteiger partial charge in [-0.1, -0.05) is 55.4 Å². The maximum Gasteiger partial charge on any atom is -0.0380 e. The van der Waals surface area contributed by atoms with Crippen LogP contribution in [0.2, 0.25) is 0 Å². The first-order chi connectivity index (χ1) is 6.49. The Morgan fingerprint density at radius 1 is 0.867 bits per heavy atom. The van der Waals surface area contributed by atoms with Crippen molar-refractivity contribution in [2.75, 3.05) is 0 Å². The molecule has 0 rings (SSSR count). The zero-order chi connectivity index (χ0) is 12.3. The van der Waals surface area contributed by atoms with E-state index in [0.717, 1.165) is 5.92 Å². The fourth-order valence-electron chi connectivity index (χ4n) is 2.54. The molecule has 0 aromatic carbocycles. The topological polar surface area (TPSA) is 0 Å². The maximum absolute atomic E-state index is 4.14. The number of hydrogen-bond donors (Lipinski definition) is 0. The zero-order valence-corrected chi connectivity index (χ0v) is 12.0. The highest BCUT2D eigenvalue weighted by atomic mass is 14.3. The Bertz CT molecular complexity index is 147. The first-order valence-corrected chi connectivity index (χ1v) is 6.33. The molecule has 0 aliphatic heterocycles. The van der Waals surface area contributed by atoms with Gasteiger partial charge in [0.15, 0.2) is 0 Å². The van der Waals surface area contributed by atoms with Crippen molar-refractivity contribution in [1.29, 1.82) is 0 Å². The molecule has 15 heavy (non-hydrogen) atoms. The van der Waals surface area contributed by atoms with Crippen LogP contribution in [-0.4, -0.2) is 0 Å². The third-order valence-electron chi connectivity index (χ3n) is 2.54. The fraction of sp³-hybridized carbons (Fsp3) is 0.933. The van der Waals surface area contributed by atoms with Gasteiger partial charge in [0.1, 0.15) is 0 Å². The van der Waals surface area contributed by atoms with Crippen molar-refractivity contribution in [1.82, 2.24) is 0 Å². The summed E-state index contributed by atoms with van der Waals surface area (Å²) in [5, 5.41) is 0. The molecule has 0 aliphatic rings. The average Bonchev–Trinajstić information content (AvgIpc) is 1.73. The lowest BCUT2D eigenvalue weighted by atomic mass is 9.74. The predicted molar refractivity (Wildman–Crippen MR) is 70.8 cm³/mol. The highest BCUT2D eigenvalue weighted by molar-refractivity contribution is 4.76. The van der Waals surface area contributed by atoms with Crippen molar-refractivity contribution >= 4 is 0 Å². The molecule has 0 aliphatic carbocycles. The van der Waals surface area contributed by atoms with Crippen molar-refractivity contribution in [3.63, 3.8) is 0 Å². The second kappa shape index (κ2) is 5.37. The van der Waals surface area contributed by atoms with Crippen molar-refractivity contribution in [3.05, 3.63) is 6.92 Å². The molecule has 0 bridgehead atoms. The van der Waals surface area contributed by atoms with Crippen LogP contribution in [0, 0.1) is 29.6 Å². The highest BCUT2D eigenvalue weighted by Gasteiger charge is 2.24. The smallest absolute Gasteiger partial charge is 0.0380 e. The van der Waals surface area contributed by atoms with E-state index >= 15 is 0 Å². The van der Waals surface area contributed by atoms with Crippen LogP contribution in [-0.2, 0) is 0 Å². The summed E-state index contributed by atoms with van der Waals surface area (Å²) in [7, 11) is 0. The molecular formula is C15H31. The largest absolute Gasteiger partial charge is 0.0625 e. The van der Waals surface area contributed by atoms with Gasteiger partial charge in [-0.3, -0.25) is 0 Å². The van der Waals surface area contributed by atoms with Crippen molar-refractivity contribution in [3.8, 4) is 0 Å². The summed E-state index contributed by atoms with van der Waals surface area (Å²) in [5.41, 5.74) is 0.898. The summed E-state index contributed by atoms with van der Waals surface area (Å²) < 4.78 is 0. The van der Waals surface area contributed by atoms with Crippen LogP contribution >= 0.6 is 0 Å². The second-order valence-corrected chi connectivity index (χ2v) is 7.74. The maximum atomic E-state index is 4.14. The van der Waals surface area contributed by atoms with Gasteiger partial charge < -0.3 is 0 Å². The van der Waals surface area contributed by atoms with Crippen molar-refractivity contribution in [2.45, 2.75) is 67.7 Å². The van der Waals surface area contributed by atoms with Gasteiger partial charge in [-0.25, -0.2) is 0 Å². The molecule has 0 amide bonds. The van der Waals surface area contributed by atoms with E-state index in [-0.39, 0.29) is 0 Å². The molecule has 0 aromatic heterocycles. The lowest BCUT2D eigenvalue weighted by Gasteiger charge is -2.32. The van der Waals surface area contributed by atoms with Crippen LogP contribution in [0.5, 0.6) is 0 Å². The molecule has 0 heterocycles. The van der Waals surface area contributed by atoms with E-state index in [1.165, 1.54) is 19.3 Å². The van der Waals surface area contributed by atoms with Gasteiger partial charge in [0, 0.05) is 0 Å². The molecule has 1 unspecified atom stereocenters. The Balaban J connectivity index is 4.32. The van der Waals surface area contributed by atoms with Crippen LogP contribution in [0.25, 0.3) is 0 Å². The summed E-state index contributed by atoms with van der Waals surface area (Å²) in [6.45, 7) is 20.4. The zero-order valence-electron chi connectivity index (χ0n) is 12.0. The molecule has 91 valence electrons. The SMILES string of the molecule is [CH2]C(C)CC(CC(C)(C)C)CC(C)(C)C. The third-order valence-corrected chi connectivity index (χ3v) is 2.54. The van der Waals surface area contributed by atoms with E-state index in [9.17, 15) is 0 Å². The van der Waals surface area contributed by atoms with Gasteiger partial charge in [-0.05, 0) is 41.9 Å². The Morgan fingerprint density at radius 3 is 1.40 bits per heavy atom. The van der Waals surface area contributed by atoms with E-state index in [1.807, 2.05) is 0 Å². The lowest BCUT2D eigenvalue weighted by Crippen LogP contribution is -2.20. The monoisotopic (exact) mass is 211 g/mol. The molecule has 0 saturated carbocycles. The predicted octanol–water partition coefficient (Wildman–Crippen LogP) is 5.34. The van der Waals surface area contributed by atoms with Gasteiger partial charge in [0.2, 0.25) is 0 Å². The average molecular weight is 211 g/mol. The van der Waals surface area contributed by atoms with Crippen molar-refractivity contribution in [2.24, 2.45) is 22.7 Å². The quantitative estimate of drug-likeness (QED) is 0.589. The summed E-state index contributed by atoms with van der Waals surface area (Å²) in [4.78, 5) is 0. The van der Waals surface area contributed by atoms with Crippen molar-refractivity contribution < 1.29 is 0 Å². The van der Waals surface area contributed by atoms with Gasteiger partial charge in [0.05, 0.1) is 0 Å². The highest BCUT2D eigenvalue weighted by Crippen LogP contribution is 2.36. The van der Waals surface area contributed by atoms with Crippen LogP contribution in [0.3, 0.4) is 0 Å². The van der Waals surface area contributed by atoms with Crippen LogP contribution < -0.4 is 0 Å². The van der Waals surface area contributed by atoms with Gasteiger partial charge in [-0.2, -0.15) is 0 Å². The van der Waals surface area contributed by atoms with E-state index < -0.39 is 0 Å². The standard InChI is InChI=1S/C15H31/c1-12(2)9-13(10-14(3,4)5)11-15(6,7)8/h12-13H,1,9-11H2,2-8H3. The molecule has 0 heteroatoms. The first-order valence-electron chi connectivity index (χ1n) is 6.33. The van der Waals surface area contributed by atoms with Crippen LogP contribution in [0.4, 0.5) is 0 Å². The Hall–Kier alpha value is 0. The number of rotatable bonds is 4. The molecule has 0 nitrogen and oxygen atoms in total. The fourth-order valence-corrected chi connectivity index (χ4v) is 2.54. The molecule has 1 atom stereocenters. The van der Waals surface area contributed by atoms with Gasteiger partial charge in [0.25, 0.3) is 0 Å². The summed E-state index contributed by atoms with van der Waals surface area (Å²) >= 11 is 0. The first kappa shape index (κ1) is 15.0. The minimum Gasteiger partial charge on any atom is -0.0625 e. The van der Waals surface area contributed by atoms with Crippen LogP contribution in [0.1, 0.15) is 67.7 Å². The molecule has 0 N–H and O–H groups in total. The molecule has 0 fully saturated rings. The summed E-state index contributed by atoms with van der Waals surface area (Å²) in [6, 6.07) is 0. The number of hydrogen-bond acceptors (Lipinski definition) is 0. The molecule has 0 aromatic rings. The Labute approximate surface area is 97.8 Å². The van der Waals surface area contributed by atoms with Gasteiger partial charge >= 0.3 is 0 Å². The normalized spacial score (nSPS) is 14.0. The van der Waals surface area contributed by atoms with E-state index in [4.69, 9.17) is 0 Å². The summed E-state index contributed by atoms with van der Waals surface area (Å²) in [5.74, 6) is 1.41. The van der Waals surface area contributed by atoms with Gasteiger partial charge in [-0.15, -0.1) is 0 Å². The minimum absolute atomic E-state index is 0.449. The van der Waals surface area contributed by atoms with E-state index in [1.54, 1.807) is 0 Å². The van der Waals surface area contributed by atoms with E-state index in [0.29, 0.717) is 16.7 Å². The molecule has 0 spiro atoms. The van der Waals surface area contributed by atoms with E-state index in [2.05, 4.69) is 55.4 Å². The lowest BCUT2D eigenvalue weighted by molar-refractivity contribution is 0.200.